The number of benzene rings is 1. The summed E-state index contributed by atoms with van der Waals surface area (Å²) >= 11 is 0. The zero-order valence-electron chi connectivity index (χ0n) is 15.8. The number of aryl methyl sites for hydroxylation is 1. The van der Waals surface area contributed by atoms with Gasteiger partial charge in [0.2, 0.25) is 5.89 Å². The molecule has 3 heterocycles. The van der Waals surface area contributed by atoms with Crippen LogP contribution in [0.15, 0.2) is 27.5 Å². The molecule has 0 amide bonds. The van der Waals surface area contributed by atoms with E-state index in [0.29, 0.717) is 35.6 Å². The molecule has 28 heavy (non-hydrogen) atoms. The van der Waals surface area contributed by atoms with Gasteiger partial charge >= 0.3 is 5.69 Å². The summed E-state index contributed by atoms with van der Waals surface area (Å²) in [6.45, 7) is 4.29. The van der Waals surface area contributed by atoms with Gasteiger partial charge in [0, 0.05) is 44.8 Å². The number of hydrogen-bond donors (Lipinski definition) is 0. The standard InChI is InChI=1S/C19H22FN5O3/c1-3-24-15-5-4-12(20)8-16(15)25(19(24)26)18-21-17(28-22-18)11-6-13(7-11)23-9-14(10-23)27-2/h4-5,8,11,13-14H,3,6-7,9-10H2,1-2H3. The highest BCUT2D eigenvalue weighted by Crippen LogP contribution is 2.41. The monoisotopic (exact) mass is 387 g/mol. The van der Waals surface area contributed by atoms with Crippen molar-refractivity contribution in [3.05, 3.63) is 40.4 Å². The van der Waals surface area contributed by atoms with E-state index < -0.39 is 5.82 Å². The molecule has 0 bridgehead atoms. The molecule has 5 rings (SSSR count). The van der Waals surface area contributed by atoms with Gasteiger partial charge in [-0.1, -0.05) is 0 Å². The van der Waals surface area contributed by atoms with E-state index in [0.717, 1.165) is 25.9 Å². The van der Waals surface area contributed by atoms with Crippen LogP contribution < -0.4 is 5.69 Å². The summed E-state index contributed by atoms with van der Waals surface area (Å²) in [5.74, 6) is 0.481. The van der Waals surface area contributed by atoms with Gasteiger partial charge in [-0.25, -0.2) is 13.8 Å². The molecule has 2 aromatic heterocycles. The molecular weight excluding hydrogens is 365 g/mol. The molecule has 3 aromatic rings. The van der Waals surface area contributed by atoms with E-state index in [1.807, 2.05) is 6.92 Å². The van der Waals surface area contributed by atoms with E-state index in [9.17, 15) is 9.18 Å². The molecular formula is C19H22FN5O3. The number of nitrogens with zero attached hydrogens (tertiary/aromatic N) is 5. The summed E-state index contributed by atoms with van der Waals surface area (Å²) in [6.07, 6.45) is 2.26. The summed E-state index contributed by atoms with van der Waals surface area (Å²) in [7, 11) is 1.74. The topological polar surface area (TPSA) is 78.3 Å². The fourth-order valence-electron chi connectivity index (χ4n) is 4.22. The van der Waals surface area contributed by atoms with Crippen LogP contribution >= 0.6 is 0 Å². The Morgan fingerprint density at radius 3 is 2.79 bits per heavy atom. The third-order valence-electron chi connectivity index (χ3n) is 6.03. The highest BCUT2D eigenvalue weighted by molar-refractivity contribution is 5.77. The van der Waals surface area contributed by atoms with Crippen LogP contribution in [0.3, 0.4) is 0 Å². The number of likely N-dealkylation sites (tertiary alicyclic amines) is 1. The highest BCUT2D eigenvalue weighted by atomic mass is 19.1. The fourth-order valence-corrected chi connectivity index (χ4v) is 4.22. The van der Waals surface area contributed by atoms with Crippen molar-refractivity contribution < 1.29 is 13.7 Å². The Labute approximate surface area is 160 Å². The third-order valence-corrected chi connectivity index (χ3v) is 6.03. The van der Waals surface area contributed by atoms with E-state index >= 15 is 0 Å². The molecule has 1 aromatic carbocycles. The number of rotatable bonds is 5. The quantitative estimate of drug-likeness (QED) is 0.666. The Morgan fingerprint density at radius 2 is 2.07 bits per heavy atom. The van der Waals surface area contributed by atoms with Crippen LogP contribution in [-0.4, -0.2) is 56.5 Å². The first kappa shape index (κ1) is 17.6. The molecule has 0 spiro atoms. The molecule has 1 aliphatic heterocycles. The first-order valence-electron chi connectivity index (χ1n) is 9.60. The molecule has 2 fully saturated rings. The van der Waals surface area contributed by atoms with Gasteiger partial charge in [0.05, 0.1) is 17.1 Å². The zero-order valence-corrected chi connectivity index (χ0v) is 15.8. The summed E-state index contributed by atoms with van der Waals surface area (Å²) < 4.78 is 27.5. The van der Waals surface area contributed by atoms with Gasteiger partial charge in [0.25, 0.3) is 5.95 Å². The van der Waals surface area contributed by atoms with Gasteiger partial charge in [0.15, 0.2) is 0 Å². The van der Waals surface area contributed by atoms with Crippen molar-refractivity contribution in [2.24, 2.45) is 0 Å². The molecule has 148 valence electrons. The lowest BCUT2D eigenvalue weighted by Gasteiger charge is -2.49. The van der Waals surface area contributed by atoms with Gasteiger partial charge in [0.1, 0.15) is 5.82 Å². The van der Waals surface area contributed by atoms with E-state index in [1.165, 1.54) is 16.7 Å². The van der Waals surface area contributed by atoms with Gasteiger partial charge < -0.3 is 9.26 Å². The SMILES string of the molecule is CCn1c(=O)n(-c2noc(C3CC(N4CC(OC)C4)C3)n2)c2cc(F)ccc21. The maximum absolute atomic E-state index is 13.8. The van der Waals surface area contributed by atoms with Gasteiger partial charge in [-0.15, -0.1) is 0 Å². The second kappa shape index (κ2) is 6.52. The average molecular weight is 387 g/mol. The molecule has 1 aliphatic carbocycles. The number of fused-ring (bicyclic) bond motifs is 1. The minimum absolute atomic E-state index is 0.162. The minimum atomic E-state index is -0.413. The average Bonchev–Trinajstić information content (AvgIpc) is 3.17. The number of methoxy groups -OCH3 is 1. The number of halogens is 1. The lowest BCUT2D eigenvalue weighted by molar-refractivity contribution is -0.0718. The Morgan fingerprint density at radius 1 is 1.29 bits per heavy atom. The van der Waals surface area contributed by atoms with Crippen LogP contribution in [0.5, 0.6) is 0 Å². The zero-order chi connectivity index (χ0) is 19.4. The predicted octanol–water partition coefficient (Wildman–Crippen LogP) is 1.91. The Hall–Kier alpha value is -2.52. The van der Waals surface area contributed by atoms with Crippen LogP contribution in [0.1, 0.15) is 31.6 Å². The molecule has 9 heteroatoms. The molecule has 8 nitrogen and oxygen atoms in total. The largest absolute Gasteiger partial charge is 0.379 e. The van der Waals surface area contributed by atoms with Crippen LogP contribution in [-0.2, 0) is 11.3 Å². The lowest BCUT2D eigenvalue weighted by Crippen LogP contribution is -2.59. The Kier molecular flexibility index (Phi) is 4.09. The van der Waals surface area contributed by atoms with Crippen molar-refractivity contribution >= 4 is 11.0 Å². The Balaban J connectivity index is 1.40. The smallest absolute Gasteiger partial charge is 0.336 e. The highest BCUT2D eigenvalue weighted by Gasteiger charge is 2.42. The molecule has 2 aliphatic rings. The number of ether oxygens (including phenoxy) is 1. The summed E-state index contributed by atoms with van der Waals surface area (Å²) in [5, 5.41) is 4.01. The molecule has 1 saturated carbocycles. The van der Waals surface area contributed by atoms with Crippen molar-refractivity contribution in [1.82, 2.24) is 24.2 Å². The summed E-state index contributed by atoms with van der Waals surface area (Å²) in [5.41, 5.74) is 0.791. The van der Waals surface area contributed by atoms with Gasteiger partial charge in [-0.3, -0.25) is 9.47 Å². The van der Waals surface area contributed by atoms with Crippen LogP contribution in [0, 0.1) is 5.82 Å². The number of imidazole rings is 1. The van der Waals surface area contributed by atoms with Crippen molar-refractivity contribution in [3.8, 4) is 5.95 Å². The lowest BCUT2D eigenvalue weighted by atomic mass is 9.78. The van der Waals surface area contributed by atoms with E-state index in [2.05, 4.69) is 15.0 Å². The molecule has 0 radical (unpaired) electrons. The second-order valence-corrected chi connectivity index (χ2v) is 7.56. The van der Waals surface area contributed by atoms with Crippen LogP contribution in [0.4, 0.5) is 4.39 Å². The number of aromatic nitrogens is 4. The van der Waals surface area contributed by atoms with Gasteiger partial charge in [-0.05, 0) is 37.1 Å². The predicted molar refractivity (Wildman–Crippen MR) is 99.2 cm³/mol. The minimum Gasteiger partial charge on any atom is -0.379 e. The summed E-state index contributed by atoms with van der Waals surface area (Å²) in [4.78, 5) is 19.7. The maximum atomic E-state index is 13.8. The molecule has 0 atom stereocenters. The van der Waals surface area contributed by atoms with Crippen molar-refractivity contribution in [2.75, 3.05) is 20.2 Å². The first-order chi connectivity index (χ1) is 13.6. The van der Waals surface area contributed by atoms with Crippen LogP contribution in [0.25, 0.3) is 17.0 Å². The Bertz CT molecular complexity index is 1080. The van der Waals surface area contributed by atoms with Crippen molar-refractivity contribution in [2.45, 2.75) is 44.4 Å². The van der Waals surface area contributed by atoms with E-state index in [-0.39, 0.29) is 17.6 Å². The second-order valence-electron chi connectivity index (χ2n) is 7.56. The van der Waals surface area contributed by atoms with Crippen molar-refractivity contribution in [1.29, 1.82) is 0 Å². The molecule has 0 unspecified atom stereocenters. The van der Waals surface area contributed by atoms with Gasteiger partial charge in [-0.2, -0.15) is 4.98 Å². The number of hydrogen-bond acceptors (Lipinski definition) is 6. The maximum Gasteiger partial charge on any atom is 0.336 e. The first-order valence-corrected chi connectivity index (χ1v) is 9.60. The molecule has 0 N–H and O–H groups in total. The van der Waals surface area contributed by atoms with Crippen LogP contribution in [0.2, 0.25) is 0 Å². The van der Waals surface area contributed by atoms with E-state index in [4.69, 9.17) is 9.26 Å². The van der Waals surface area contributed by atoms with Crippen molar-refractivity contribution in [3.63, 3.8) is 0 Å². The normalized spacial score (nSPS) is 23.1. The third kappa shape index (κ3) is 2.61. The molecule has 1 saturated heterocycles. The fraction of sp³-hybridized carbons (Fsp3) is 0.526. The summed E-state index contributed by atoms with van der Waals surface area (Å²) in [6, 6.07) is 4.79. The van der Waals surface area contributed by atoms with E-state index in [1.54, 1.807) is 17.7 Å².